The predicted molar refractivity (Wildman–Crippen MR) is 66.7 cm³/mol. The van der Waals surface area contributed by atoms with Crippen molar-refractivity contribution in [2.45, 2.75) is 26.3 Å². The summed E-state index contributed by atoms with van der Waals surface area (Å²) in [4.78, 5) is 21.7. The second kappa shape index (κ2) is 4.91. The number of nitrogens with one attached hydrogen (secondary N) is 2. The molecule has 0 saturated carbocycles. The Morgan fingerprint density at radius 2 is 2.00 bits per heavy atom. The standard InChI is InChI=1S/C11H15N3O4/c1-11(2,3)13-10(16)12-9-7(14(17)18)5-4-6-8(9)15/h4-6,15H,1-3H3,(H2,12,13,16). The number of urea groups is 1. The summed E-state index contributed by atoms with van der Waals surface area (Å²) in [6.07, 6.45) is 0. The number of nitro groups is 1. The highest BCUT2D eigenvalue weighted by molar-refractivity contribution is 5.94. The molecular weight excluding hydrogens is 238 g/mol. The first-order chi connectivity index (χ1) is 8.20. The fraction of sp³-hybridized carbons (Fsp3) is 0.364. The monoisotopic (exact) mass is 253 g/mol. The third-order valence-electron chi connectivity index (χ3n) is 1.94. The Hall–Kier alpha value is -2.31. The molecule has 0 aromatic heterocycles. The molecule has 0 spiro atoms. The zero-order valence-electron chi connectivity index (χ0n) is 10.4. The van der Waals surface area contributed by atoms with E-state index in [-0.39, 0.29) is 17.1 Å². The summed E-state index contributed by atoms with van der Waals surface area (Å²) < 4.78 is 0. The highest BCUT2D eigenvalue weighted by Crippen LogP contribution is 2.32. The summed E-state index contributed by atoms with van der Waals surface area (Å²) in [5, 5.41) is 25.2. The van der Waals surface area contributed by atoms with Crippen LogP contribution in [0, 0.1) is 10.1 Å². The number of anilines is 1. The number of nitrogens with zero attached hydrogens (tertiary/aromatic N) is 1. The number of phenols is 1. The van der Waals surface area contributed by atoms with E-state index in [0.717, 1.165) is 0 Å². The number of hydrogen-bond donors (Lipinski definition) is 3. The molecule has 1 rings (SSSR count). The predicted octanol–water partition coefficient (Wildman–Crippen LogP) is 2.22. The van der Waals surface area contributed by atoms with E-state index in [9.17, 15) is 20.0 Å². The van der Waals surface area contributed by atoms with Gasteiger partial charge in [-0.05, 0) is 26.8 Å². The topological polar surface area (TPSA) is 104 Å². The lowest BCUT2D eigenvalue weighted by Crippen LogP contribution is -2.43. The number of carbonyl (C=O) groups is 1. The molecule has 3 N–H and O–H groups in total. The minimum atomic E-state index is -0.674. The van der Waals surface area contributed by atoms with Gasteiger partial charge in [0.25, 0.3) is 5.69 Å². The van der Waals surface area contributed by atoms with Crippen molar-refractivity contribution in [2.75, 3.05) is 5.32 Å². The molecule has 18 heavy (non-hydrogen) atoms. The fourth-order valence-electron chi connectivity index (χ4n) is 1.29. The maximum atomic E-state index is 11.6. The fourth-order valence-corrected chi connectivity index (χ4v) is 1.29. The second-order valence-electron chi connectivity index (χ2n) is 4.76. The Kier molecular flexibility index (Phi) is 3.75. The second-order valence-corrected chi connectivity index (χ2v) is 4.76. The first-order valence-corrected chi connectivity index (χ1v) is 5.26. The quantitative estimate of drug-likeness (QED) is 0.427. The summed E-state index contributed by atoms with van der Waals surface area (Å²) >= 11 is 0. The van der Waals surface area contributed by atoms with Gasteiger partial charge in [0.05, 0.1) is 4.92 Å². The summed E-state index contributed by atoms with van der Waals surface area (Å²) in [5.41, 5.74) is -1.06. The molecule has 0 aliphatic carbocycles. The first kappa shape index (κ1) is 13.8. The zero-order chi connectivity index (χ0) is 13.9. The van der Waals surface area contributed by atoms with Gasteiger partial charge in [-0.2, -0.15) is 0 Å². The number of phenolic OH excluding ortho intramolecular Hbond substituents is 1. The van der Waals surface area contributed by atoms with Gasteiger partial charge < -0.3 is 10.4 Å². The first-order valence-electron chi connectivity index (χ1n) is 5.26. The van der Waals surface area contributed by atoms with Gasteiger partial charge in [0, 0.05) is 11.6 Å². The number of benzene rings is 1. The van der Waals surface area contributed by atoms with Crippen LogP contribution < -0.4 is 10.6 Å². The van der Waals surface area contributed by atoms with Gasteiger partial charge in [0.2, 0.25) is 0 Å². The lowest BCUT2D eigenvalue weighted by molar-refractivity contribution is -0.384. The normalized spacial score (nSPS) is 10.8. The van der Waals surface area contributed by atoms with E-state index in [1.165, 1.54) is 18.2 Å². The number of aromatic hydroxyl groups is 1. The molecule has 7 heteroatoms. The van der Waals surface area contributed by atoms with Crippen LogP contribution in [0.2, 0.25) is 0 Å². The van der Waals surface area contributed by atoms with Crippen molar-refractivity contribution in [1.29, 1.82) is 0 Å². The lowest BCUT2D eigenvalue weighted by Gasteiger charge is -2.20. The van der Waals surface area contributed by atoms with E-state index in [2.05, 4.69) is 10.6 Å². The van der Waals surface area contributed by atoms with Crippen molar-refractivity contribution >= 4 is 17.4 Å². The number of amides is 2. The van der Waals surface area contributed by atoms with Gasteiger partial charge in [-0.1, -0.05) is 6.07 Å². The van der Waals surface area contributed by atoms with Crippen LogP contribution in [0.4, 0.5) is 16.2 Å². The van der Waals surface area contributed by atoms with Gasteiger partial charge in [0.15, 0.2) is 5.69 Å². The van der Waals surface area contributed by atoms with Crippen molar-refractivity contribution in [3.05, 3.63) is 28.3 Å². The Balaban J connectivity index is 2.97. The maximum absolute atomic E-state index is 11.6. The van der Waals surface area contributed by atoms with E-state index in [0.29, 0.717) is 0 Å². The van der Waals surface area contributed by atoms with Crippen LogP contribution in [0.5, 0.6) is 5.75 Å². The average Bonchev–Trinajstić information content (AvgIpc) is 2.17. The molecule has 2 amide bonds. The number of carbonyl (C=O) groups excluding carboxylic acids is 1. The molecule has 1 aromatic rings. The Bertz CT molecular complexity index is 480. The molecule has 0 radical (unpaired) electrons. The van der Waals surface area contributed by atoms with Crippen molar-refractivity contribution in [3.8, 4) is 5.75 Å². The van der Waals surface area contributed by atoms with Gasteiger partial charge in [-0.15, -0.1) is 0 Å². The molecule has 0 saturated heterocycles. The van der Waals surface area contributed by atoms with Crippen LogP contribution in [0.3, 0.4) is 0 Å². The molecule has 0 atom stereocenters. The Labute approximate surface area is 104 Å². The van der Waals surface area contributed by atoms with Gasteiger partial charge in [-0.3, -0.25) is 15.4 Å². The SMILES string of the molecule is CC(C)(C)NC(=O)Nc1c(O)cccc1[N+](=O)[O-]. The van der Waals surface area contributed by atoms with Crippen LogP contribution in [0.25, 0.3) is 0 Å². The van der Waals surface area contributed by atoms with Crippen molar-refractivity contribution in [2.24, 2.45) is 0 Å². The van der Waals surface area contributed by atoms with Crippen molar-refractivity contribution in [1.82, 2.24) is 5.32 Å². The smallest absolute Gasteiger partial charge is 0.319 e. The molecule has 0 aliphatic rings. The minimum absolute atomic E-state index is 0.218. The maximum Gasteiger partial charge on any atom is 0.319 e. The number of rotatable bonds is 2. The molecule has 0 fully saturated rings. The van der Waals surface area contributed by atoms with Crippen molar-refractivity contribution < 1.29 is 14.8 Å². The average molecular weight is 253 g/mol. The number of nitro benzene ring substituents is 1. The van der Waals surface area contributed by atoms with E-state index < -0.39 is 16.5 Å². The van der Waals surface area contributed by atoms with Gasteiger partial charge in [0.1, 0.15) is 5.75 Å². The van der Waals surface area contributed by atoms with Crippen LogP contribution in [0.15, 0.2) is 18.2 Å². The van der Waals surface area contributed by atoms with E-state index in [1.807, 2.05) is 0 Å². The Morgan fingerprint density at radius 1 is 1.39 bits per heavy atom. The summed E-state index contributed by atoms with van der Waals surface area (Å²) in [6.45, 7) is 5.31. The third kappa shape index (κ3) is 3.62. The van der Waals surface area contributed by atoms with Gasteiger partial charge >= 0.3 is 6.03 Å². The molecule has 1 aromatic carbocycles. The summed E-state index contributed by atoms with van der Waals surface area (Å²) in [7, 11) is 0. The summed E-state index contributed by atoms with van der Waals surface area (Å²) in [6, 6.07) is 3.18. The minimum Gasteiger partial charge on any atom is -0.505 e. The van der Waals surface area contributed by atoms with E-state index >= 15 is 0 Å². The van der Waals surface area contributed by atoms with E-state index in [4.69, 9.17) is 0 Å². The third-order valence-corrected chi connectivity index (χ3v) is 1.94. The number of para-hydroxylation sites is 1. The van der Waals surface area contributed by atoms with Crippen LogP contribution in [-0.4, -0.2) is 21.6 Å². The molecule has 0 heterocycles. The lowest BCUT2D eigenvalue weighted by atomic mass is 10.1. The van der Waals surface area contributed by atoms with Crippen molar-refractivity contribution in [3.63, 3.8) is 0 Å². The van der Waals surface area contributed by atoms with Crippen LogP contribution in [0.1, 0.15) is 20.8 Å². The van der Waals surface area contributed by atoms with Crippen LogP contribution in [-0.2, 0) is 0 Å². The van der Waals surface area contributed by atoms with Crippen LogP contribution >= 0.6 is 0 Å². The highest BCUT2D eigenvalue weighted by Gasteiger charge is 2.21. The molecule has 0 aliphatic heterocycles. The number of hydrogen-bond acceptors (Lipinski definition) is 4. The highest BCUT2D eigenvalue weighted by atomic mass is 16.6. The zero-order valence-corrected chi connectivity index (χ0v) is 10.4. The largest absolute Gasteiger partial charge is 0.505 e. The molecule has 0 bridgehead atoms. The summed E-state index contributed by atoms with van der Waals surface area (Å²) in [5.74, 6) is -0.353. The molecular formula is C11H15N3O4. The molecule has 98 valence electrons. The van der Waals surface area contributed by atoms with Gasteiger partial charge in [-0.25, -0.2) is 4.79 Å². The molecule has 7 nitrogen and oxygen atoms in total. The molecule has 0 unspecified atom stereocenters. The van der Waals surface area contributed by atoms with E-state index in [1.54, 1.807) is 20.8 Å². The Morgan fingerprint density at radius 3 is 2.50 bits per heavy atom.